The van der Waals surface area contributed by atoms with Gasteiger partial charge in [0.1, 0.15) is 19.0 Å². The van der Waals surface area contributed by atoms with Crippen molar-refractivity contribution in [3.63, 3.8) is 0 Å². The van der Waals surface area contributed by atoms with Gasteiger partial charge in [-0.15, -0.1) is 0 Å². The third-order valence-corrected chi connectivity index (χ3v) is 7.35. The molecule has 0 fully saturated rings. The van der Waals surface area contributed by atoms with E-state index in [0.29, 0.717) is 6.42 Å². The first-order valence-electron chi connectivity index (χ1n) is 10.3. The maximum atomic E-state index is 13.0. The van der Waals surface area contributed by atoms with E-state index in [0.717, 1.165) is 11.1 Å². The number of hydrogen-bond donors (Lipinski definition) is 2. The standard InChI is InChI=1S/C23H30NO6P/c1-3-18(2)22(24-23(26)30-17-20-12-8-5-9-13-20)31(27,28)15-14-21(25)29-16-19-10-6-4-7-11-19/h4-13,18,22H,3,14-17H2,1-2H3,(H,24,26)(H,27,28). The lowest BCUT2D eigenvalue weighted by Crippen LogP contribution is -2.40. The van der Waals surface area contributed by atoms with Crippen molar-refractivity contribution in [1.29, 1.82) is 0 Å². The number of nitrogens with one attached hydrogen (secondary N) is 1. The summed E-state index contributed by atoms with van der Waals surface area (Å²) in [5.74, 6) is -1.85. The van der Waals surface area contributed by atoms with Crippen molar-refractivity contribution in [2.24, 2.45) is 5.92 Å². The number of esters is 1. The third-order valence-electron chi connectivity index (χ3n) is 4.98. The monoisotopic (exact) mass is 447 g/mol. The van der Waals surface area contributed by atoms with Gasteiger partial charge in [-0.2, -0.15) is 0 Å². The number of rotatable bonds is 11. The Labute approximate surface area is 183 Å². The molecule has 0 spiro atoms. The highest BCUT2D eigenvalue weighted by molar-refractivity contribution is 7.58. The van der Waals surface area contributed by atoms with Crippen LogP contribution in [-0.4, -0.2) is 28.9 Å². The van der Waals surface area contributed by atoms with Crippen LogP contribution in [-0.2, 0) is 32.0 Å². The molecule has 8 heteroatoms. The van der Waals surface area contributed by atoms with Gasteiger partial charge in [0.2, 0.25) is 7.37 Å². The molecule has 7 nitrogen and oxygen atoms in total. The van der Waals surface area contributed by atoms with Crippen molar-refractivity contribution in [1.82, 2.24) is 5.32 Å². The average molecular weight is 447 g/mol. The lowest BCUT2D eigenvalue weighted by atomic mass is 10.1. The van der Waals surface area contributed by atoms with E-state index < -0.39 is 25.2 Å². The molecule has 2 N–H and O–H groups in total. The molecule has 0 heterocycles. The first-order valence-corrected chi connectivity index (χ1v) is 12.2. The zero-order valence-electron chi connectivity index (χ0n) is 17.9. The molecule has 2 rings (SSSR count). The largest absolute Gasteiger partial charge is 0.461 e. The van der Waals surface area contributed by atoms with E-state index in [4.69, 9.17) is 9.47 Å². The summed E-state index contributed by atoms with van der Waals surface area (Å²) in [4.78, 5) is 34.9. The highest BCUT2D eigenvalue weighted by Gasteiger charge is 2.36. The molecule has 3 atom stereocenters. The summed E-state index contributed by atoms with van der Waals surface area (Å²) in [5.41, 5.74) is 1.65. The van der Waals surface area contributed by atoms with E-state index >= 15 is 0 Å². The summed E-state index contributed by atoms with van der Waals surface area (Å²) in [7, 11) is -3.89. The zero-order valence-corrected chi connectivity index (χ0v) is 18.8. The fraction of sp³-hybridized carbons (Fsp3) is 0.391. The number of alkyl carbamates (subject to hydrolysis) is 1. The summed E-state index contributed by atoms with van der Waals surface area (Å²) in [6, 6.07) is 18.3. The van der Waals surface area contributed by atoms with Gasteiger partial charge in [-0.3, -0.25) is 9.36 Å². The molecule has 0 saturated carbocycles. The zero-order chi connectivity index (χ0) is 22.7. The molecule has 0 aromatic heterocycles. The van der Waals surface area contributed by atoms with Crippen molar-refractivity contribution >= 4 is 19.4 Å². The molecule has 0 saturated heterocycles. The lowest BCUT2D eigenvalue weighted by Gasteiger charge is -2.28. The SMILES string of the molecule is CCC(C)C(NC(=O)OCc1ccccc1)P(=O)(O)CCC(=O)OCc1ccccc1. The topological polar surface area (TPSA) is 102 Å². The van der Waals surface area contributed by atoms with Crippen LogP contribution >= 0.6 is 7.37 Å². The molecule has 2 aromatic carbocycles. The fourth-order valence-electron chi connectivity index (χ4n) is 2.95. The Morgan fingerprint density at radius 2 is 1.48 bits per heavy atom. The number of carbonyl (C=O) groups excluding carboxylic acids is 2. The number of hydrogen-bond acceptors (Lipinski definition) is 5. The molecule has 3 unspecified atom stereocenters. The van der Waals surface area contributed by atoms with Crippen LogP contribution in [0.5, 0.6) is 0 Å². The van der Waals surface area contributed by atoms with Gasteiger partial charge in [0, 0.05) is 6.16 Å². The highest BCUT2D eigenvalue weighted by atomic mass is 31.2. The Morgan fingerprint density at radius 3 is 2.00 bits per heavy atom. The van der Waals surface area contributed by atoms with Crippen molar-refractivity contribution in [3.8, 4) is 0 Å². The summed E-state index contributed by atoms with van der Waals surface area (Å²) >= 11 is 0. The molecule has 1 amide bonds. The van der Waals surface area contributed by atoms with E-state index in [9.17, 15) is 19.0 Å². The minimum absolute atomic E-state index is 0.0570. The van der Waals surface area contributed by atoms with E-state index in [1.54, 1.807) is 6.92 Å². The Bertz CT molecular complexity index is 874. The molecule has 0 aliphatic rings. The van der Waals surface area contributed by atoms with Gasteiger partial charge in [-0.25, -0.2) is 4.79 Å². The van der Waals surface area contributed by atoms with Gasteiger partial charge in [-0.1, -0.05) is 80.9 Å². The molecule has 2 aromatic rings. The van der Waals surface area contributed by atoms with Crippen LogP contribution in [0.3, 0.4) is 0 Å². The number of ether oxygens (including phenoxy) is 2. The predicted octanol–water partition coefficient (Wildman–Crippen LogP) is 4.69. The molecule has 31 heavy (non-hydrogen) atoms. The number of carbonyl (C=O) groups is 2. The summed E-state index contributed by atoms with van der Waals surface area (Å²) in [6.07, 6.45) is -0.690. The van der Waals surface area contributed by atoms with Crippen molar-refractivity contribution in [2.45, 2.75) is 45.7 Å². The predicted molar refractivity (Wildman–Crippen MR) is 119 cm³/mol. The van der Waals surface area contributed by atoms with Gasteiger partial charge in [0.05, 0.1) is 6.42 Å². The Hall–Kier alpha value is -2.63. The Morgan fingerprint density at radius 1 is 0.968 bits per heavy atom. The Balaban J connectivity index is 1.88. The van der Waals surface area contributed by atoms with Crippen LogP contribution in [0.2, 0.25) is 0 Å². The molecule has 0 aliphatic heterocycles. The van der Waals surface area contributed by atoms with Gasteiger partial charge in [0.15, 0.2) is 0 Å². The van der Waals surface area contributed by atoms with Gasteiger partial charge in [0.25, 0.3) is 0 Å². The average Bonchev–Trinajstić information content (AvgIpc) is 2.79. The summed E-state index contributed by atoms with van der Waals surface area (Å²) in [6.45, 7) is 3.80. The van der Waals surface area contributed by atoms with E-state index in [2.05, 4.69) is 5.32 Å². The van der Waals surface area contributed by atoms with E-state index in [1.165, 1.54) is 0 Å². The lowest BCUT2D eigenvalue weighted by molar-refractivity contribution is -0.144. The van der Waals surface area contributed by atoms with Gasteiger partial charge < -0.3 is 19.7 Å². The summed E-state index contributed by atoms with van der Waals surface area (Å²) < 4.78 is 23.3. The van der Waals surface area contributed by atoms with Gasteiger partial charge in [-0.05, 0) is 17.0 Å². The quantitative estimate of drug-likeness (QED) is 0.383. The second-order valence-corrected chi connectivity index (χ2v) is 9.93. The second-order valence-electron chi connectivity index (χ2n) is 7.41. The number of amides is 1. The minimum atomic E-state index is -3.89. The van der Waals surface area contributed by atoms with E-state index in [-0.39, 0.29) is 31.7 Å². The van der Waals surface area contributed by atoms with Crippen LogP contribution in [0.25, 0.3) is 0 Å². The fourth-order valence-corrected chi connectivity index (χ4v) is 5.04. The maximum absolute atomic E-state index is 13.0. The molecular formula is C23H30NO6P. The van der Waals surface area contributed by atoms with Crippen LogP contribution in [0.1, 0.15) is 37.8 Å². The number of benzene rings is 2. The smallest absolute Gasteiger partial charge is 0.408 e. The van der Waals surface area contributed by atoms with Crippen molar-refractivity contribution in [2.75, 3.05) is 6.16 Å². The first-order chi connectivity index (χ1) is 14.8. The third kappa shape index (κ3) is 8.56. The first kappa shape index (κ1) is 24.6. The van der Waals surface area contributed by atoms with Crippen LogP contribution in [0.4, 0.5) is 4.79 Å². The normalized spacial score (nSPS) is 14.7. The van der Waals surface area contributed by atoms with Gasteiger partial charge >= 0.3 is 12.1 Å². The van der Waals surface area contributed by atoms with Crippen LogP contribution < -0.4 is 5.32 Å². The Kier molecular flexibility index (Phi) is 9.76. The second kappa shape index (κ2) is 12.3. The molecule has 168 valence electrons. The minimum Gasteiger partial charge on any atom is -0.461 e. The van der Waals surface area contributed by atoms with Crippen molar-refractivity contribution in [3.05, 3.63) is 71.8 Å². The maximum Gasteiger partial charge on any atom is 0.408 e. The molecule has 0 radical (unpaired) electrons. The molecule has 0 aliphatic carbocycles. The van der Waals surface area contributed by atoms with Crippen LogP contribution in [0.15, 0.2) is 60.7 Å². The summed E-state index contributed by atoms with van der Waals surface area (Å²) in [5, 5.41) is 2.53. The van der Waals surface area contributed by atoms with Crippen LogP contribution in [0, 0.1) is 5.92 Å². The highest BCUT2D eigenvalue weighted by Crippen LogP contribution is 2.49. The van der Waals surface area contributed by atoms with Crippen molar-refractivity contribution < 1.29 is 28.5 Å². The molecule has 0 bridgehead atoms. The molecular weight excluding hydrogens is 417 g/mol. The van der Waals surface area contributed by atoms with E-state index in [1.807, 2.05) is 67.6 Å².